The molecule has 0 atom stereocenters. The number of benzene rings is 1. The van der Waals surface area contributed by atoms with Crippen molar-refractivity contribution in [2.24, 2.45) is 5.92 Å². The van der Waals surface area contributed by atoms with Crippen molar-refractivity contribution in [3.05, 3.63) is 46.6 Å². The van der Waals surface area contributed by atoms with Gasteiger partial charge in [0.1, 0.15) is 5.75 Å². The van der Waals surface area contributed by atoms with Crippen LogP contribution in [0, 0.1) is 16.0 Å². The molecule has 4 rings (SSSR count). The van der Waals surface area contributed by atoms with E-state index in [9.17, 15) is 10.1 Å². The average molecular weight is 398 g/mol. The summed E-state index contributed by atoms with van der Waals surface area (Å²) in [5.41, 5.74) is 0.930. The fourth-order valence-corrected chi connectivity index (χ4v) is 4.50. The second kappa shape index (κ2) is 8.52. The molecule has 1 fully saturated rings. The summed E-state index contributed by atoms with van der Waals surface area (Å²) in [7, 11) is 0. The van der Waals surface area contributed by atoms with E-state index in [4.69, 9.17) is 4.74 Å². The molecule has 0 saturated heterocycles. The molecule has 1 aliphatic carbocycles. The summed E-state index contributed by atoms with van der Waals surface area (Å²) in [4.78, 5) is 18.6. The predicted molar refractivity (Wildman–Crippen MR) is 110 cm³/mol. The van der Waals surface area contributed by atoms with E-state index in [1.807, 2.05) is 18.2 Å². The minimum Gasteiger partial charge on any atom is -0.453 e. The van der Waals surface area contributed by atoms with Gasteiger partial charge in [-0.05, 0) is 40.4 Å². The van der Waals surface area contributed by atoms with Crippen molar-refractivity contribution in [1.82, 2.24) is 9.97 Å². The first-order valence-electron chi connectivity index (χ1n) is 9.60. The van der Waals surface area contributed by atoms with Crippen LogP contribution in [0.25, 0.3) is 10.2 Å². The van der Waals surface area contributed by atoms with E-state index in [1.54, 1.807) is 17.4 Å². The van der Waals surface area contributed by atoms with Crippen LogP contribution >= 0.6 is 11.3 Å². The summed E-state index contributed by atoms with van der Waals surface area (Å²) >= 11 is 1.61. The highest BCUT2D eigenvalue weighted by Gasteiger charge is 2.13. The first-order valence-corrected chi connectivity index (χ1v) is 10.4. The van der Waals surface area contributed by atoms with Crippen molar-refractivity contribution < 1.29 is 9.66 Å². The zero-order chi connectivity index (χ0) is 19.3. The number of nitrogens with zero attached hydrogens (tertiary/aromatic N) is 3. The molecule has 0 spiro atoms. The van der Waals surface area contributed by atoms with Crippen LogP contribution in [-0.4, -0.2) is 21.4 Å². The van der Waals surface area contributed by atoms with Gasteiger partial charge in [-0.25, -0.2) is 4.98 Å². The fourth-order valence-electron chi connectivity index (χ4n) is 3.58. The van der Waals surface area contributed by atoms with Gasteiger partial charge in [0.15, 0.2) is 17.1 Å². The molecule has 0 unspecified atom stereocenters. The van der Waals surface area contributed by atoms with Crippen LogP contribution in [0.2, 0.25) is 0 Å². The zero-order valence-corrected chi connectivity index (χ0v) is 16.3. The maximum Gasteiger partial charge on any atom is 0.363 e. The number of hydrogen-bond acceptors (Lipinski definition) is 7. The average Bonchev–Trinajstić information content (AvgIpc) is 3.11. The maximum atomic E-state index is 10.7. The molecule has 0 radical (unpaired) electrons. The molecule has 146 valence electrons. The molecule has 7 nitrogen and oxygen atoms in total. The number of aromatic nitrogens is 2. The number of pyridine rings is 1. The van der Waals surface area contributed by atoms with Gasteiger partial charge in [0.05, 0.1) is 10.2 Å². The van der Waals surface area contributed by atoms with E-state index in [0.717, 1.165) is 27.8 Å². The van der Waals surface area contributed by atoms with Gasteiger partial charge in [-0.2, -0.15) is 0 Å². The molecule has 0 amide bonds. The van der Waals surface area contributed by atoms with Crippen LogP contribution in [0.3, 0.4) is 0 Å². The normalized spacial score (nSPS) is 14.9. The number of thiazole rings is 1. The van der Waals surface area contributed by atoms with E-state index in [2.05, 4.69) is 15.3 Å². The SMILES string of the molecule is O=[N+]([O-])c1ccc(Oc2ccc3nc(NCCC4CCCCC4)sc3c2)cn1. The first kappa shape index (κ1) is 18.6. The molecular weight excluding hydrogens is 376 g/mol. The number of hydrogen-bond donors (Lipinski definition) is 1. The second-order valence-electron chi connectivity index (χ2n) is 7.08. The number of rotatable bonds is 7. The van der Waals surface area contributed by atoms with E-state index in [0.29, 0.717) is 11.5 Å². The van der Waals surface area contributed by atoms with Crippen molar-refractivity contribution in [2.75, 3.05) is 11.9 Å². The van der Waals surface area contributed by atoms with Crippen LogP contribution in [-0.2, 0) is 0 Å². The summed E-state index contributed by atoms with van der Waals surface area (Å²) in [5.74, 6) is 1.76. The Balaban J connectivity index is 1.37. The minimum atomic E-state index is -0.532. The molecular formula is C20H22N4O3S. The smallest absolute Gasteiger partial charge is 0.363 e. The lowest BCUT2D eigenvalue weighted by atomic mass is 9.87. The molecule has 1 saturated carbocycles. The summed E-state index contributed by atoms with van der Waals surface area (Å²) < 4.78 is 6.80. The zero-order valence-electron chi connectivity index (χ0n) is 15.5. The molecule has 0 aliphatic heterocycles. The molecule has 8 heteroatoms. The third kappa shape index (κ3) is 4.56. The standard InChI is InChI=1S/C20H22N4O3S/c25-24(26)19-9-7-16(13-22-19)27-15-6-8-17-18(12-15)28-20(23-17)21-11-10-14-4-2-1-3-5-14/h6-9,12-14H,1-5,10-11H2,(H,21,23). The van der Waals surface area contributed by atoms with Crippen LogP contribution in [0.1, 0.15) is 38.5 Å². The van der Waals surface area contributed by atoms with Gasteiger partial charge in [-0.3, -0.25) is 0 Å². The van der Waals surface area contributed by atoms with Gasteiger partial charge in [-0.1, -0.05) is 43.4 Å². The summed E-state index contributed by atoms with van der Waals surface area (Å²) in [6, 6.07) is 8.57. The van der Waals surface area contributed by atoms with Crippen molar-refractivity contribution in [2.45, 2.75) is 38.5 Å². The molecule has 2 heterocycles. The van der Waals surface area contributed by atoms with Gasteiger partial charge in [0, 0.05) is 18.7 Å². The van der Waals surface area contributed by atoms with E-state index < -0.39 is 4.92 Å². The molecule has 0 bridgehead atoms. The van der Waals surface area contributed by atoms with Crippen LogP contribution in [0.4, 0.5) is 10.9 Å². The Bertz CT molecular complexity index is 952. The van der Waals surface area contributed by atoms with Crippen LogP contribution < -0.4 is 10.1 Å². The minimum absolute atomic E-state index is 0.200. The Labute approximate surface area is 166 Å². The second-order valence-corrected chi connectivity index (χ2v) is 8.11. The number of nitrogens with one attached hydrogen (secondary N) is 1. The Morgan fingerprint density at radius 2 is 2.00 bits per heavy atom. The van der Waals surface area contributed by atoms with Crippen molar-refractivity contribution >= 4 is 32.5 Å². The lowest BCUT2D eigenvalue weighted by Gasteiger charge is -2.21. The monoisotopic (exact) mass is 398 g/mol. The third-order valence-corrected chi connectivity index (χ3v) is 6.03. The van der Waals surface area contributed by atoms with Crippen LogP contribution in [0.15, 0.2) is 36.5 Å². The maximum absolute atomic E-state index is 10.7. The van der Waals surface area contributed by atoms with E-state index in [1.165, 1.54) is 50.8 Å². The van der Waals surface area contributed by atoms with E-state index >= 15 is 0 Å². The Kier molecular flexibility index (Phi) is 5.66. The molecule has 1 aliphatic rings. The van der Waals surface area contributed by atoms with Gasteiger partial charge in [-0.15, -0.1) is 0 Å². The highest BCUT2D eigenvalue weighted by Crippen LogP contribution is 2.32. The molecule has 3 aromatic rings. The first-order chi connectivity index (χ1) is 13.7. The number of anilines is 1. The third-order valence-electron chi connectivity index (χ3n) is 5.06. The lowest BCUT2D eigenvalue weighted by Crippen LogP contribution is -2.11. The largest absolute Gasteiger partial charge is 0.453 e. The van der Waals surface area contributed by atoms with E-state index in [-0.39, 0.29) is 5.82 Å². The molecule has 2 aromatic heterocycles. The van der Waals surface area contributed by atoms with Crippen molar-refractivity contribution in [3.8, 4) is 11.5 Å². The molecule has 1 aromatic carbocycles. The Morgan fingerprint density at radius 1 is 1.18 bits per heavy atom. The summed E-state index contributed by atoms with van der Waals surface area (Å²) in [6.07, 6.45) is 9.42. The quantitative estimate of drug-likeness (QED) is 0.401. The summed E-state index contributed by atoms with van der Waals surface area (Å²) in [6.45, 7) is 0.961. The number of fused-ring (bicyclic) bond motifs is 1. The lowest BCUT2D eigenvalue weighted by molar-refractivity contribution is -0.389. The highest BCUT2D eigenvalue weighted by atomic mass is 32.1. The Hall–Kier alpha value is -2.74. The van der Waals surface area contributed by atoms with Crippen molar-refractivity contribution in [3.63, 3.8) is 0 Å². The highest BCUT2D eigenvalue weighted by molar-refractivity contribution is 7.22. The number of nitro groups is 1. The van der Waals surface area contributed by atoms with Gasteiger partial charge in [0.2, 0.25) is 0 Å². The Morgan fingerprint density at radius 3 is 2.75 bits per heavy atom. The van der Waals surface area contributed by atoms with Gasteiger partial charge in [0.25, 0.3) is 0 Å². The molecule has 1 N–H and O–H groups in total. The topological polar surface area (TPSA) is 90.2 Å². The van der Waals surface area contributed by atoms with Crippen molar-refractivity contribution in [1.29, 1.82) is 0 Å². The predicted octanol–water partition coefficient (Wildman–Crippen LogP) is 5.77. The fraction of sp³-hybridized carbons (Fsp3) is 0.400. The number of ether oxygens (including phenoxy) is 1. The van der Waals surface area contributed by atoms with Gasteiger partial charge < -0.3 is 20.2 Å². The van der Waals surface area contributed by atoms with Crippen LogP contribution in [0.5, 0.6) is 11.5 Å². The van der Waals surface area contributed by atoms with Gasteiger partial charge >= 0.3 is 5.82 Å². The summed E-state index contributed by atoms with van der Waals surface area (Å²) in [5, 5.41) is 15.1. The molecule has 28 heavy (non-hydrogen) atoms.